The fourth-order valence-corrected chi connectivity index (χ4v) is 15.9. The average molecular weight is 1210 g/mol. The molecule has 2 aromatic heterocycles. The summed E-state index contributed by atoms with van der Waals surface area (Å²) in [6, 6.07) is 87.2. The number of anilines is 6. The van der Waals surface area contributed by atoms with Crippen LogP contribution in [0.3, 0.4) is 0 Å². The SMILES string of the molecule is Cc1cccc(N(c2ccc(C(C)(C)C)cc2)c2cc3c(c4oc5ccccc5c24)-c2c(cc(N(c4ccc(C(C)(C)C)cc4)c4cccc(C)c4)c4c2oc2ccccc24)C3(c2ccc(Sc3ccc(C(C)(C)C)cc3)cc2)c2ccc([Si](C)(C)C)cc2)c1. The highest BCUT2D eigenvalue weighted by molar-refractivity contribution is 7.99. The Kier molecular flexibility index (Phi) is 14.2. The van der Waals surface area contributed by atoms with Gasteiger partial charge in [0.15, 0.2) is 0 Å². The zero-order valence-corrected chi connectivity index (χ0v) is 56.4. The van der Waals surface area contributed by atoms with Crippen LogP contribution >= 0.6 is 11.8 Å². The second-order valence-electron chi connectivity index (χ2n) is 29.2. The van der Waals surface area contributed by atoms with Crippen molar-refractivity contribution in [3.8, 4) is 11.1 Å². The Morgan fingerprint density at radius 2 is 0.744 bits per heavy atom. The Hall–Kier alpha value is -8.81. The van der Waals surface area contributed by atoms with Gasteiger partial charge in [-0.25, -0.2) is 0 Å². The third-order valence-corrected chi connectivity index (χ3v) is 21.8. The van der Waals surface area contributed by atoms with Crippen LogP contribution in [0.2, 0.25) is 19.6 Å². The van der Waals surface area contributed by atoms with Crippen molar-refractivity contribution in [1.29, 1.82) is 0 Å². The van der Waals surface area contributed by atoms with E-state index in [2.05, 4.69) is 336 Å². The smallest absolute Gasteiger partial charge is 0.145 e. The highest BCUT2D eigenvalue weighted by Gasteiger charge is 2.51. The van der Waals surface area contributed by atoms with Crippen molar-refractivity contribution in [2.24, 2.45) is 0 Å². The number of aryl methyl sites for hydroxylation is 2. The number of hydrogen-bond acceptors (Lipinski definition) is 5. The first-order valence-corrected chi connectivity index (χ1v) is 36.2. The minimum atomic E-state index is -1.80. The molecule has 0 aliphatic heterocycles. The maximum absolute atomic E-state index is 7.66. The fourth-order valence-electron chi connectivity index (χ4n) is 13.9. The monoisotopic (exact) mass is 1210 g/mol. The highest BCUT2D eigenvalue weighted by Crippen LogP contribution is 2.64. The lowest BCUT2D eigenvalue weighted by Crippen LogP contribution is -2.38. The Morgan fingerprint density at radius 1 is 0.378 bits per heavy atom. The van der Waals surface area contributed by atoms with Gasteiger partial charge in [0.1, 0.15) is 22.3 Å². The van der Waals surface area contributed by atoms with E-state index in [-0.39, 0.29) is 16.2 Å². The first kappa shape index (κ1) is 58.8. The van der Waals surface area contributed by atoms with E-state index < -0.39 is 13.5 Å². The van der Waals surface area contributed by atoms with Crippen LogP contribution in [0.1, 0.15) is 112 Å². The fraction of sp³-hybridized carbons (Fsp3) is 0.214. The third-order valence-electron chi connectivity index (χ3n) is 18.7. The Morgan fingerprint density at radius 3 is 1.12 bits per heavy atom. The van der Waals surface area contributed by atoms with Crippen molar-refractivity contribution in [3.63, 3.8) is 0 Å². The molecule has 1 aliphatic rings. The van der Waals surface area contributed by atoms with Crippen LogP contribution in [0.25, 0.3) is 55.0 Å². The lowest BCUT2D eigenvalue weighted by Gasteiger charge is -2.36. The number of nitrogens with zero attached hydrogens (tertiary/aromatic N) is 2. The van der Waals surface area contributed by atoms with Crippen LogP contribution in [0, 0.1) is 13.8 Å². The number of benzene rings is 11. The zero-order valence-electron chi connectivity index (χ0n) is 54.6. The summed E-state index contributed by atoms with van der Waals surface area (Å²) in [5.74, 6) is 0. The van der Waals surface area contributed by atoms with Crippen molar-refractivity contribution in [2.75, 3.05) is 9.80 Å². The van der Waals surface area contributed by atoms with E-state index in [1.54, 1.807) is 0 Å². The predicted molar refractivity (Wildman–Crippen MR) is 387 cm³/mol. The minimum Gasteiger partial charge on any atom is -0.455 e. The molecule has 0 saturated carbocycles. The number of rotatable bonds is 11. The van der Waals surface area contributed by atoms with Gasteiger partial charge < -0.3 is 18.6 Å². The molecule has 13 aromatic rings. The van der Waals surface area contributed by atoms with Crippen molar-refractivity contribution in [1.82, 2.24) is 0 Å². The van der Waals surface area contributed by atoms with Crippen molar-refractivity contribution >= 4 is 103 Å². The lowest BCUT2D eigenvalue weighted by molar-refractivity contribution is 0.589. The minimum absolute atomic E-state index is 0.0404. The van der Waals surface area contributed by atoms with Gasteiger partial charge in [-0.1, -0.05) is 232 Å². The number of furan rings is 2. The molecule has 14 rings (SSSR count). The molecule has 0 N–H and O–H groups in total. The summed E-state index contributed by atoms with van der Waals surface area (Å²) < 4.78 is 15.3. The summed E-state index contributed by atoms with van der Waals surface area (Å²) in [6.07, 6.45) is 0. The number of para-hydroxylation sites is 2. The van der Waals surface area contributed by atoms with Gasteiger partial charge in [-0.15, -0.1) is 0 Å². The van der Waals surface area contributed by atoms with Gasteiger partial charge >= 0.3 is 0 Å². The molecule has 0 bridgehead atoms. The molecule has 0 atom stereocenters. The van der Waals surface area contributed by atoms with Crippen LogP contribution in [0.4, 0.5) is 34.1 Å². The van der Waals surface area contributed by atoms with E-state index >= 15 is 0 Å². The normalized spacial score (nSPS) is 13.4. The predicted octanol–water partition coefficient (Wildman–Crippen LogP) is 24.0. The molecule has 11 aromatic carbocycles. The van der Waals surface area contributed by atoms with Gasteiger partial charge in [-0.2, -0.15) is 0 Å². The van der Waals surface area contributed by atoms with Crippen LogP contribution in [-0.4, -0.2) is 8.07 Å². The number of fused-ring (bicyclic) bond motifs is 11. The molecule has 4 nitrogen and oxygen atoms in total. The van der Waals surface area contributed by atoms with Gasteiger partial charge in [0.05, 0.1) is 35.6 Å². The summed E-state index contributed by atoms with van der Waals surface area (Å²) in [5, 5.41) is 5.58. The second kappa shape index (κ2) is 21.7. The van der Waals surface area contributed by atoms with Crippen LogP contribution in [-0.2, 0) is 21.7 Å². The summed E-state index contributed by atoms with van der Waals surface area (Å²) in [5.41, 5.74) is 21.5. The van der Waals surface area contributed by atoms with E-state index in [4.69, 9.17) is 8.83 Å². The molecule has 2 heterocycles. The summed E-state index contributed by atoms with van der Waals surface area (Å²) in [7, 11) is -1.80. The molecule has 90 heavy (non-hydrogen) atoms. The molecule has 6 heteroatoms. The first-order valence-electron chi connectivity index (χ1n) is 31.9. The lowest BCUT2D eigenvalue weighted by atomic mass is 9.67. The van der Waals surface area contributed by atoms with Crippen LogP contribution < -0.4 is 15.0 Å². The number of hydrogen-bond donors (Lipinski definition) is 0. The van der Waals surface area contributed by atoms with Crippen molar-refractivity contribution < 1.29 is 8.83 Å². The Labute approximate surface area is 537 Å². The van der Waals surface area contributed by atoms with Crippen LogP contribution in [0.5, 0.6) is 0 Å². The molecule has 0 spiro atoms. The van der Waals surface area contributed by atoms with E-state index in [0.29, 0.717) is 0 Å². The Balaban J connectivity index is 1.16. The first-order chi connectivity index (χ1) is 42.9. The van der Waals surface area contributed by atoms with Gasteiger partial charge in [0.2, 0.25) is 0 Å². The standard InChI is InChI=1S/C84H80N2O2SSi/c1-53-21-19-23-62(49-53)85(60-39-29-55(30-40-60)81(3,4)5)71-51-69-77(79-75(71)67-25-15-17-27-73(67)87-79)78-70(84(69,59-37-47-66(48-38-59)90(12,13)14)58-35-45-65(46-36-58)89-64-43-33-57(34-44-64)83(9,10)11)52-72(76-68-26-16-18-28-74(68)88-80(76)78)86(63-24-20-22-54(2)50-63)61-41-31-56(32-42-61)82(6,7)8/h15-52H,1-14H3. The maximum atomic E-state index is 7.66. The topological polar surface area (TPSA) is 32.8 Å². The summed E-state index contributed by atoms with van der Waals surface area (Å²) in [6.45, 7) is 32.3. The largest absolute Gasteiger partial charge is 0.455 e. The van der Waals surface area contributed by atoms with Gasteiger partial charge in [-0.05, 0) is 177 Å². The van der Waals surface area contributed by atoms with E-state index in [1.807, 2.05) is 11.8 Å². The molecule has 448 valence electrons. The molecule has 0 fully saturated rings. The molecule has 1 aliphatic carbocycles. The zero-order chi connectivity index (χ0) is 62.8. The summed E-state index contributed by atoms with van der Waals surface area (Å²) in [4.78, 5) is 7.34. The third kappa shape index (κ3) is 10.1. The van der Waals surface area contributed by atoms with Crippen molar-refractivity contribution in [3.05, 3.63) is 281 Å². The van der Waals surface area contributed by atoms with E-state index in [9.17, 15) is 0 Å². The summed E-state index contributed by atoms with van der Waals surface area (Å²) >= 11 is 1.81. The molecule has 0 saturated heterocycles. The molecular weight excluding hydrogens is 1130 g/mol. The highest BCUT2D eigenvalue weighted by atomic mass is 32.2. The van der Waals surface area contributed by atoms with E-state index in [0.717, 1.165) is 106 Å². The van der Waals surface area contributed by atoms with Gasteiger partial charge in [0, 0.05) is 54.4 Å². The van der Waals surface area contributed by atoms with E-state index in [1.165, 1.54) is 48.4 Å². The maximum Gasteiger partial charge on any atom is 0.145 e. The quantitative estimate of drug-likeness (QED) is 0.121. The van der Waals surface area contributed by atoms with Crippen molar-refractivity contribution in [2.45, 2.75) is 127 Å². The Bertz CT molecular complexity index is 4660. The van der Waals surface area contributed by atoms with Crippen LogP contribution in [0.15, 0.2) is 249 Å². The second-order valence-corrected chi connectivity index (χ2v) is 35.4. The average Bonchev–Trinajstić information content (AvgIpc) is 1.50. The molecular formula is C84H80N2O2SSi. The molecule has 0 radical (unpaired) electrons. The van der Waals surface area contributed by atoms with Gasteiger partial charge in [0.25, 0.3) is 0 Å². The molecule has 0 unspecified atom stereocenters. The van der Waals surface area contributed by atoms with Gasteiger partial charge in [-0.3, -0.25) is 0 Å². The molecule has 0 amide bonds.